The first-order valence-electron chi connectivity index (χ1n) is 9.90. The molecule has 1 N–H and O–H groups in total. The lowest BCUT2D eigenvalue weighted by Gasteiger charge is -2.49. The third-order valence-electron chi connectivity index (χ3n) is 8.54. The van der Waals surface area contributed by atoms with Gasteiger partial charge in [-0.2, -0.15) is 0 Å². The standard InChI is InChI=1S/C21H38O2/c1-8-9-10-21(7)15-11-16(20(21,5)6)23-17-14(13(15)2)12-19(3,4)18(17)22/h13-18,22H,8-12H2,1-7H3/t13-,14-,15-,16?,17?,18+,21-/m1/s1. The van der Waals surface area contributed by atoms with Crippen LogP contribution in [0.2, 0.25) is 0 Å². The number of ether oxygens (including phenoxy) is 1. The summed E-state index contributed by atoms with van der Waals surface area (Å²) >= 11 is 0. The third kappa shape index (κ3) is 2.34. The van der Waals surface area contributed by atoms with Gasteiger partial charge in [0.05, 0.1) is 18.3 Å². The molecule has 3 aliphatic rings. The Balaban J connectivity index is 1.96. The lowest BCUT2D eigenvalue weighted by molar-refractivity contribution is -0.149. The van der Waals surface area contributed by atoms with Crippen molar-refractivity contribution in [3.8, 4) is 0 Å². The molecule has 2 saturated carbocycles. The first kappa shape index (κ1) is 17.7. The van der Waals surface area contributed by atoms with Crippen molar-refractivity contribution in [3.05, 3.63) is 0 Å². The Bertz CT molecular complexity index is 455. The molecule has 2 bridgehead atoms. The van der Waals surface area contributed by atoms with Crippen molar-refractivity contribution in [2.45, 2.75) is 98.9 Å². The van der Waals surface area contributed by atoms with Gasteiger partial charge in [-0.25, -0.2) is 0 Å². The number of unbranched alkanes of at least 4 members (excludes halogenated alkanes) is 1. The molecule has 2 heteroatoms. The number of aliphatic hydroxyl groups is 1. The third-order valence-corrected chi connectivity index (χ3v) is 8.54. The minimum absolute atomic E-state index is 0.00959. The van der Waals surface area contributed by atoms with Gasteiger partial charge in [-0.3, -0.25) is 0 Å². The van der Waals surface area contributed by atoms with E-state index in [4.69, 9.17) is 4.74 Å². The van der Waals surface area contributed by atoms with Gasteiger partial charge in [0.2, 0.25) is 0 Å². The Labute approximate surface area is 143 Å². The lowest BCUT2D eigenvalue weighted by atomic mass is 9.58. The van der Waals surface area contributed by atoms with Crippen molar-refractivity contribution < 1.29 is 9.84 Å². The van der Waals surface area contributed by atoms with Crippen LogP contribution in [0.25, 0.3) is 0 Å². The Morgan fingerprint density at radius 1 is 1.13 bits per heavy atom. The van der Waals surface area contributed by atoms with Gasteiger partial charge in [0.15, 0.2) is 0 Å². The highest BCUT2D eigenvalue weighted by atomic mass is 16.5. The maximum atomic E-state index is 10.8. The maximum absolute atomic E-state index is 10.8. The van der Waals surface area contributed by atoms with Crippen LogP contribution in [0.3, 0.4) is 0 Å². The largest absolute Gasteiger partial charge is 0.390 e. The summed E-state index contributed by atoms with van der Waals surface area (Å²) in [6.45, 7) is 16.6. The van der Waals surface area contributed by atoms with Crippen molar-refractivity contribution in [1.29, 1.82) is 0 Å². The molecule has 2 unspecified atom stereocenters. The summed E-state index contributed by atoms with van der Waals surface area (Å²) in [5.74, 6) is 1.89. The SMILES string of the molecule is CCCC[C@]1(C)[C@@H]2CC(OC3[C@H](CC(C)(C)[C@H]3O)[C@H]2C)C1(C)C. The first-order valence-corrected chi connectivity index (χ1v) is 9.90. The molecule has 0 aromatic rings. The molecule has 1 aliphatic heterocycles. The smallest absolute Gasteiger partial charge is 0.0874 e. The van der Waals surface area contributed by atoms with E-state index in [1.54, 1.807) is 0 Å². The molecule has 0 aromatic carbocycles. The van der Waals surface area contributed by atoms with Crippen LogP contribution in [0.4, 0.5) is 0 Å². The Hall–Kier alpha value is -0.0800. The van der Waals surface area contributed by atoms with Crippen LogP contribution < -0.4 is 0 Å². The van der Waals surface area contributed by atoms with Crippen molar-refractivity contribution in [2.75, 3.05) is 0 Å². The zero-order valence-corrected chi connectivity index (χ0v) is 16.4. The van der Waals surface area contributed by atoms with E-state index in [-0.39, 0.29) is 23.0 Å². The van der Waals surface area contributed by atoms with Crippen LogP contribution >= 0.6 is 0 Å². The minimum Gasteiger partial charge on any atom is -0.390 e. The second-order valence-electron chi connectivity index (χ2n) is 10.3. The number of hydrogen-bond donors (Lipinski definition) is 1. The number of rotatable bonds is 3. The highest BCUT2D eigenvalue weighted by Crippen LogP contribution is 2.66. The van der Waals surface area contributed by atoms with E-state index in [1.807, 2.05) is 0 Å². The van der Waals surface area contributed by atoms with Crippen LogP contribution in [0.15, 0.2) is 0 Å². The van der Waals surface area contributed by atoms with Crippen LogP contribution in [-0.4, -0.2) is 23.4 Å². The minimum atomic E-state index is -0.313. The second kappa shape index (κ2) is 5.46. The second-order valence-corrected chi connectivity index (χ2v) is 10.3. The fourth-order valence-corrected chi connectivity index (χ4v) is 6.37. The molecule has 0 spiro atoms. The van der Waals surface area contributed by atoms with Gasteiger partial charge in [-0.1, -0.05) is 61.3 Å². The van der Waals surface area contributed by atoms with Crippen LogP contribution in [0.1, 0.15) is 80.6 Å². The fourth-order valence-electron chi connectivity index (χ4n) is 6.37. The summed E-state index contributed by atoms with van der Waals surface area (Å²) in [5.41, 5.74) is 0.540. The molecule has 7 atom stereocenters. The molecule has 0 amide bonds. The first-order chi connectivity index (χ1) is 10.6. The van der Waals surface area contributed by atoms with E-state index >= 15 is 0 Å². The van der Waals surface area contributed by atoms with Gasteiger partial charge in [0.25, 0.3) is 0 Å². The number of hydrogen-bond acceptors (Lipinski definition) is 2. The van der Waals surface area contributed by atoms with Crippen LogP contribution in [0.5, 0.6) is 0 Å². The Morgan fingerprint density at radius 2 is 1.78 bits per heavy atom. The van der Waals surface area contributed by atoms with Crippen LogP contribution in [-0.2, 0) is 4.74 Å². The fraction of sp³-hybridized carbons (Fsp3) is 1.00. The van der Waals surface area contributed by atoms with E-state index < -0.39 is 0 Å². The van der Waals surface area contributed by atoms with Gasteiger partial charge in [0.1, 0.15) is 0 Å². The molecule has 2 aliphatic carbocycles. The van der Waals surface area contributed by atoms with E-state index in [1.165, 1.54) is 25.7 Å². The Kier molecular flexibility index (Phi) is 4.21. The molecule has 23 heavy (non-hydrogen) atoms. The molecular weight excluding hydrogens is 284 g/mol. The zero-order chi connectivity index (χ0) is 17.2. The van der Waals surface area contributed by atoms with Gasteiger partial charge in [-0.15, -0.1) is 0 Å². The molecule has 1 heterocycles. The van der Waals surface area contributed by atoms with Gasteiger partial charge < -0.3 is 9.84 Å². The van der Waals surface area contributed by atoms with Gasteiger partial charge in [-0.05, 0) is 53.3 Å². The molecule has 0 aromatic heterocycles. The van der Waals surface area contributed by atoms with E-state index in [9.17, 15) is 5.11 Å². The molecule has 134 valence electrons. The van der Waals surface area contributed by atoms with Crippen molar-refractivity contribution in [2.24, 2.45) is 34.0 Å². The topological polar surface area (TPSA) is 29.5 Å². The van der Waals surface area contributed by atoms with Crippen molar-refractivity contribution >= 4 is 0 Å². The zero-order valence-electron chi connectivity index (χ0n) is 16.4. The normalized spacial score (nSPS) is 50.6. The summed E-state index contributed by atoms with van der Waals surface area (Å²) < 4.78 is 6.69. The molecule has 3 fully saturated rings. The molecule has 1 saturated heterocycles. The summed E-state index contributed by atoms with van der Waals surface area (Å²) in [6.07, 6.45) is 6.23. The summed E-state index contributed by atoms with van der Waals surface area (Å²) in [6, 6.07) is 0. The highest BCUT2D eigenvalue weighted by Gasteiger charge is 2.64. The van der Waals surface area contributed by atoms with E-state index in [2.05, 4.69) is 48.5 Å². The average molecular weight is 323 g/mol. The van der Waals surface area contributed by atoms with E-state index in [0.717, 1.165) is 12.3 Å². The predicted octanol–water partition coefficient (Wildman–Crippen LogP) is 5.04. The number of aliphatic hydroxyl groups excluding tert-OH is 1. The van der Waals surface area contributed by atoms with Crippen molar-refractivity contribution in [3.63, 3.8) is 0 Å². The lowest BCUT2D eigenvalue weighted by Crippen LogP contribution is -2.48. The number of fused-ring (bicyclic) bond motifs is 3. The maximum Gasteiger partial charge on any atom is 0.0874 e. The Morgan fingerprint density at radius 3 is 2.39 bits per heavy atom. The molecular formula is C21H38O2. The quantitative estimate of drug-likeness (QED) is 0.789. The van der Waals surface area contributed by atoms with Gasteiger partial charge in [0, 0.05) is 0 Å². The highest BCUT2D eigenvalue weighted by molar-refractivity contribution is 5.13. The molecule has 2 nitrogen and oxygen atoms in total. The van der Waals surface area contributed by atoms with Crippen molar-refractivity contribution in [1.82, 2.24) is 0 Å². The average Bonchev–Trinajstić information content (AvgIpc) is 2.73. The summed E-state index contributed by atoms with van der Waals surface area (Å²) in [7, 11) is 0. The van der Waals surface area contributed by atoms with Gasteiger partial charge >= 0.3 is 0 Å². The van der Waals surface area contributed by atoms with E-state index in [0.29, 0.717) is 23.4 Å². The predicted molar refractivity (Wildman–Crippen MR) is 95.2 cm³/mol. The summed E-state index contributed by atoms with van der Waals surface area (Å²) in [5, 5.41) is 10.8. The molecule has 3 rings (SSSR count). The molecule has 0 radical (unpaired) electrons. The summed E-state index contributed by atoms with van der Waals surface area (Å²) in [4.78, 5) is 0. The van der Waals surface area contributed by atoms with Crippen LogP contribution in [0, 0.1) is 34.0 Å². The monoisotopic (exact) mass is 322 g/mol.